The van der Waals surface area contributed by atoms with Crippen LogP contribution in [0, 0.1) is 5.41 Å². The van der Waals surface area contributed by atoms with Gasteiger partial charge in [0.1, 0.15) is 11.6 Å². The number of amidine groups is 1. The molecule has 29 heavy (non-hydrogen) atoms. The number of rotatable bonds is 6. The molecular weight excluding hydrogens is 372 g/mol. The van der Waals surface area contributed by atoms with E-state index >= 15 is 0 Å². The zero-order chi connectivity index (χ0) is 21.0. The first kappa shape index (κ1) is 19.7. The number of nitrogen functional groups attached to an aromatic ring is 1. The molecule has 0 aliphatic heterocycles. The molecule has 2 aromatic carbocycles. The van der Waals surface area contributed by atoms with Gasteiger partial charge in [-0.15, -0.1) is 0 Å². The second-order valence-corrected chi connectivity index (χ2v) is 6.34. The number of carbonyl (C=O) groups excluding carboxylic acids is 1. The number of aromatic hydroxyl groups is 1. The number of amides is 1. The van der Waals surface area contributed by atoms with E-state index in [4.69, 9.17) is 20.6 Å². The number of pyridine rings is 1. The molecule has 4 N–H and O–H groups in total. The Morgan fingerprint density at radius 3 is 2.38 bits per heavy atom. The van der Waals surface area contributed by atoms with Gasteiger partial charge in [0, 0.05) is 37.4 Å². The summed E-state index contributed by atoms with van der Waals surface area (Å²) in [7, 11) is 3.35. The van der Waals surface area contributed by atoms with Crippen molar-refractivity contribution in [3.8, 4) is 29.0 Å². The lowest BCUT2D eigenvalue weighted by Gasteiger charge is -2.12. The van der Waals surface area contributed by atoms with E-state index in [-0.39, 0.29) is 35.0 Å². The molecule has 1 aromatic heterocycles. The van der Waals surface area contributed by atoms with Crippen molar-refractivity contribution in [3.63, 3.8) is 0 Å². The van der Waals surface area contributed by atoms with Gasteiger partial charge in [0.25, 0.3) is 5.91 Å². The van der Waals surface area contributed by atoms with E-state index in [1.807, 2.05) is 0 Å². The number of ether oxygens (including phenoxy) is 2. The average Bonchev–Trinajstić information content (AvgIpc) is 2.69. The summed E-state index contributed by atoms with van der Waals surface area (Å²) in [6.45, 7) is 0. The molecule has 0 saturated heterocycles. The number of aromatic nitrogens is 1. The molecule has 3 rings (SSSR count). The van der Waals surface area contributed by atoms with Crippen LogP contribution in [-0.4, -0.2) is 40.8 Å². The van der Waals surface area contributed by atoms with E-state index in [9.17, 15) is 9.90 Å². The molecule has 148 valence electrons. The van der Waals surface area contributed by atoms with Gasteiger partial charge in [-0.1, -0.05) is 12.1 Å². The Balaban J connectivity index is 1.81. The van der Waals surface area contributed by atoms with E-state index in [0.29, 0.717) is 16.9 Å². The summed E-state index contributed by atoms with van der Waals surface area (Å²) in [4.78, 5) is 17.8. The van der Waals surface area contributed by atoms with Crippen molar-refractivity contribution < 1.29 is 19.4 Å². The molecule has 0 radical (unpaired) electrons. The topological polar surface area (TPSA) is 122 Å². The number of hydrogen-bond acceptors (Lipinski definition) is 6. The number of phenols is 1. The molecule has 0 unspecified atom stereocenters. The Hall–Kier alpha value is -4.07. The molecule has 0 aliphatic rings. The predicted octanol–water partition coefficient (Wildman–Crippen LogP) is 3.36. The van der Waals surface area contributed by atoms with E-state index < -0.39 is 0 Å². The molecule has 0 aliphatic carbocycles. The van der Waals surface area contributed by atoms with Crippen molar-refractivity contribution in [2.45, 2.75) is 0 Å². The van der Waals surface area contributed by atoms with Gasteiger partial charge in [-0.05, 0) is 36.4 Å². The maximum atomic E-state index is 12.1. The average molecular weight is 392 g/mol. The first-order chi connectivity index (χ1) is 13.8. The molecule has 0 atom stereocenters. The third kappa shape index (κ3) is 4.81. The number of benzene rings is 2. The summed E-state index contributed by atoms with van der Waals surface area (Å²) in [6, 6.07) is 16.0. The Morgan fingerprint density at radius 1 is 1.00 bits per heavy atom. The summed E-state index contributed by atoms with van der Waals surface area (Å²) in [5.74, 6) is 0.592. The van der Waals surface area contributed by atoms with Crippen LogP contribution in [0.4, 0.5) is 0 Å². The van der Waals surface area contributed by atoms with Crippen LogP contribution in [0.3, 0.4) is 0 Å². The molecular formula is C21H20N4O4. The highest BCUT2D eigenvalue weighted by atomic mass is 16.5. The minimum absolute atomic E-state index is 0.112. The van der Waals surface area contributed by atoms with Gasteiger partial charge in [0.2, 0.25) is 11.8 Å². The van der Waals surface area contributed by atoms with Crippen LogP contribution in [0.2, 0.25) is 0 Å². The number of nitrogens with two attached hydrogens (primary N) is 1. The monoisotopic (exact) mass is 392 g/mol. The molecule has 8 nitrogen and oxygen atoms in total. The van der Waals surface area contributed by atoms with Crippen LogP contribution in [-0.2, 0) is 0 Å². The normalized spacial score (nSPS) is 10.3. The predicted molar refractivity (Wildman–Crippen MR) is 108 cm³/mol. The van der Waals surface area contributed by atoms with Crippen molar-refractivity contribution in [1.82, 2.24) is 9.88 Å². The third-order valence-corrected chi connectivity index (χ3v) is 3.89. The summed E-state index contributed by atoms with van der Waals surface area (Å²) in [5, 5.41) is 17.5. The van der Waals surface area contributed by atoms with Gasteiger partial charge in [-0.25, -0.2) is 0 Å². The van der Waals surface area contributed by atoms with E-state index in [0.717, 1.165) is 0 Å². The van der Waals surface area contributed by atoms with Crippen LogP contribution in [0.25, 0.3) is 0 Å². The van der Waals surface area contributed by atoms with Crippen molar-refractivity contribution in [2.75, 3.05) is 14.1 Å². The lowest BCUT2D eigenvalue weighted by atomic mass is 10.2. The minimum atomic E-state index is -0.146. The largest absolute Gasteiger partial charge is 0.504 e. The Bertz CT molecular complexity index is 1070. The second-order valence-electron chi connectivity index (χ2n) is 6.34. The van der Waals surface area contributed by atoms with Crippen LogP contribution in [0.15, 0.2) is 60.7 Å². The molecule has 0 spiro atoms. The van der Waals surface area contributed by atoms with Crippen molar-refractivity contribution in [1.29, 1.82) is 5.41 Å². The molecule has 1 amide bonds. The van der Waals surface area contributed by atoms with Gasteiger partial charge in [0.05, 0.1) is 0 Å². The highest BCUT2D eigenvalue weighted by Gasteiger charge is 2.11. The van der Waals surface area contributed by atoms with Gasteiger partial charge >= 0.3 is 0 Å². The summed E-state index contributed by atoms with van der Waals surface area (Å²) < 4.78 is 11.4. The number of hydrogen-bond donors (Lipinski definition) is 3. The standard InChI is InChI=1S/C21H20N4O4/c1-25(2)21(27)14-5-3-6-15(11-14)28-18-7-4-8-19(24-18)29-17-12-13(20(22)23)9-10-16(17)26/h3-12,26H,1-2H3,(H3,22,23). The second kappa shape index (κ2) is 8.30. The molecule has 3 aromatic rings. The molecule has 1 heterocycles. The van der Waals surface area contributed by atoms with Crippen molar-refractivity contribution in [3.05, 3.63) is 71.8 Å². The molecule has 8 heteroatoms. The number of nitrogens with one attached hydrogen (secondary N) is 1. The lowest BCUT2D eigenvalue weighted by molar-refractivity contribution is 0.0827. The van der Waals surface area contributed by atoms with Crippen molar-refractivity contribution in [2.24, 2.45) is 5.73 Å². The number of carbonyl (C=O) groups is 1. The van der Waals surface area contributed by atoms with Gasteiger partial charge < -0.3 is 25.2 Å². The quantitative estimate of drug-likeness (QED) is 0.437. The summed E-state index contributed by atoms with van der Waals surface area (Å²) in [6.07, 6.45) is 0. The smallest absolute Gasteiger partial charge is 0.253 e. The van der Waals surface area contributed by atoms with Crippen LogP contribution in [0.1, 0.15) is 15.9 Å². The first-order valence-electron chi connectivity index (χ1n) is 8.65. The fraction of sp³-hybridized carbons (Fsp3) is 0.0952. The van der Waals surface area contributed by atoms with E-state index in [1.54, 1.807) is 56.6 Å². The molecule has 0 fully saturated rings. The fourth-order valence-corrected chi connectivity index (χ4v) is 2.46. The molecule has 0 saturated carbocycles. The zero-order valence-corrected chi connectivity index (χ0v) is 15.9. The fourth-order valence-electron chi connectivity index (χ4n) is 2.46. The highest BCUT2D eigenvalue weighted by molar-refractivity contribution is 5.95. The van der Waals surface area contributed by atoms with Gasteiger partial charge in [-0.2, -0.15) is 4.98 Å². The maximum absolute atomic E-state index is 12.1. The van der Waals surface area contributed by atoms with E-state index in [2.05, 4.69) is 4.98 Å². The zero-order valence-electron chi connectivity index (χ0n) is 15.9. The van der Waals surface area contributed by atoms with Crippen molar-refractivity contribution >= 4 is 11.7 Å². The maximum Gasteiger partial charge on any atom is 0.253 e. The Kier molecular flexibility index (Phi) is 5.64. The number of nitrogens with zero attached hydrogens (tertiary/aromatic N) is 2. The highest BCUT2D eigenvalue weighted by Crippen LogP contribution is 2.32. The van der Waals surface area contributed by atoms with Gasteiger partial charge in [0.15, 0.2) is 11.5 Å². The Morgan fingerprint density at radius 2 is 1.69 bits per heavy atom. The van der Waals surface area contributed by atoms with Gasteiger partial charge in [-0.3, -0.25) is 10.2 Å². The third-order valence-electron chi connectivity index (χ3n) is 3.89. The van der Waals surface area contributed by atoms with Crippen LogP contribution >= 0.6 is 0 Å². The minimum Gasteiger partial charge on any atom is -0.504 e. The SMILES string of the molecule is CN(C)C(=O)c1cccc(Oc2cccc(Oc3cc(C(=N)N)ccc3O)n2)c1. The summed E-state index contributed by atoms with van der Waals surface area (Å²) >= 11 is 0. The first-order valence-corrected chi connectivity index (χ1v) is 8.65. The van der Waals surface area contributed by atoms with E-state index in [1.165, 1.54) is 23.1 Å². The Labute approximate surface area is 167 Å². The van der Waals surface area contributed by atoms with Crippen LogP contribution < -0.4 is 15.2 Å². The number of phenolic OH excluding ortho intramolecular Hbond substituents is 1. The van der Waals surface area contributed by atoms with Crippen LogP contribution in [0.5, 0.6) is 29.0 Å². The lowest BCUT2D eigenvalue weighted by Crippen LogP contribution is -2.21. The molecule has 0 bridgehead atoms. The summed E-state index contributed by atoms with van der Waals surface area (Å²) in [5.41, 5.74) is 6.37.